The molecule has 0 aliphatic heterocycles. The number of hydrogen-bond donors (Lipinski definition) is 1. The predicted octanol–water partition coefficient (Wildman–Crippen LogP) is 3.57. The Hall–Kier alpha value is -2.79. The summed E-state index contributed by atoms with van der Waals surface area (Å²) in [6.07, 6.45) is 3.38. The Kier molecular flexibility index (Phi) is 7.24. The minimum absolute atomic E-state index is 0.135. The van der Waals surface area contributed by atoms with E-state index in [0.29, 0.717) is 17.1 Å². The molecule has 0 spiro atoms. The molecular weight excluding hydrogens is 328 g/mol. The lowest BCUT2D eigenvalue weighted by molar-refractivity contribution is 0.104. The summed E-state index contributed by atoms with van der Waals surface area (Å²) in [4.78, 5) is 14.7. The van der Waals surface area contributed by atoms with E-state index >= 15 is 0 Å². The minimum atomic E-state index is -0.135. The maximum absolute atomic E-state index is 12.6. The highest BCUT2D eigenvalue weighted by atomic mass is 16.5. The van der Waals surface area contributed by atoms with Crippen molar-refractivity contribution in [2.75, 3.05) is 46.7 Å². The molecule has 0 atom stereocenters. The Labute approximate surface area is 155 Å². The molecule has 138 valence electrons. The topological polar surface area (TPSA) is 50.8 Å². The zero-order valence-corrected chi connectivity index (χ0v) is 15.8. The second-order valence-corrected chi connectivity index (χ2v) is 6.08. The first kappa shape index (κ1) is 19.5. The predicted molar refractivity (Wildman–Crippen MR) is 106 cm³/mol. The quantitative estimate of drug-likeness (QED) is 0.551. The van der Waals surface area contributed by atoms with Crippen molar-refractivity contribution in [3.8, 4) is 11.5 Å². The molecule has 0 fully saturated rings. The molecule has 5 heteroatoms. The number of carbonyl (C=O) groups is 1. The van der Waals surface area contributed by atoms with Gasteiger partial charge in [-0.15, -0.1) is 0 Å². The second kappa shape index (κ2) is 9.63. The Morgan fingerprint density at radius 3 is 2.58 bits per heavy atom. The van der Waals surface area contributed by atoms with E-state index < -0.39 is 0 Å². The summed E-state index contributed by atoms with van der Waals surface area (Å²) >= 11 is 0. The third-order valence-corrected chi connectivity index (χ3v) is 3.92. The molecule has 2 rings (SSSR count). The van der Waals surface area contributed by atoms with E-state index in [1.807, 2.05) is 44.4 Å². The first-order chi connectivity index (χ1) is 12.5. The Morgan fingerprint density at radius 1 is 1.12 bits per heavy atom. The van der Waals surface area contributed by atoms with Crippen molar-refractivity contribution in [1.29, 1.82) is 0 Å². The molecular formula is C21H26N2O3. The van der Waals surface area contributed by atoms with Gasteiger partial charge in [0.2, 0.25) is 0 Å². The first-order valence-corrected chi connectivity index (χ1v) is 8.47. The zero-order valence-electron chi connectivity index (χ0n) is 15.8. The van der Waals surface area contributed by atoms with Crippen LogP contribution in [0.2, 0.25) is 0 Å². The van der Waals surface area contributed by atoms with Crippen molar-refractivity contribution in [2.24, 2.45) is 0 Å². The fourth-order valence-electron chi connectivity index (χ4n) is 2.48. The van der Waals surface area contributed by atoms with Crippen molar-refractivity contribution in [2.45, 2.75) is 0 Å². The van der Waals surface area contributed by atoms with Gasteiger partial charge in [-0.2, -0.15) is 0 Å². The Balaban J connectivity index is 2.18. The molecule has 0 aliphatic rings. The summed E-state index contributed by atoms with van der Waals surface area (Å²) in [6, 6.07) is 13.1. The SMILES string of the molecule is COc1ccc(OC)c(C(=O)C=Cc2ccccc2NCCN(C)C)c1. The number of para-hydroxylation sites is 1. The number of methoxy groups -OCH3 is 2. The zero-order chi connectivity index (χ0) is 18.9. The number of ether oxygens (including phenoxy) is 2. The summed E-state index contributed by atoms with van der Waals surface area (Å²) < 4.78 is 10.5. The van der Waals surface area contributed by atoms with E-state index in [4.69, 9.17) is 9.47 Å². The third-order valence-electron chi connectivity index (χ3n) is 3.92. The van der Waals surface area contributed by atoms with Gasteiger partial charge in [0.05, 0.1) is 19.8 Å². The summed E-state index contributed by atoms with van der Waals surface area (Å²) in [5.74, 6) is 1.01. The van der Waals surface area contributed by atoms with Gasteiger partial charge in [0.25, 0.3) is 0 Å². The number of rotatable bonds is 9. The van der Waals surface area contributed by atoms with Gasteiger partial charge in [-0.1, -0.05) is 18.2 Å². The molecule has 0 aromatic heterocycles. The normalized spacial score (nSPS) is 11.0. The van der Waals surface area contributed by atoms with Crippen molar-refractivity contribution >= 4 is 17.5 Å². The van der Waals surface area contributed by atoms with E-state index in [0.717, 1.165) is 24.3 Å². The highest BCUT2D eigenvalue weighted by molar-refractivity contribution is 6.09. The average molecular weight is 354 g/mol. The highest BCUT2D eigenvalue weighted by Gasteiger charge is 2.11. The molecule has 26 heavy (non-hydrogen) atoms. The molecule has 0 unspecified atom stereocenters. The van der Waals surface area contributed by atoms with Gasteiger partial charge in [0.15, 0.2) is 5.78 Å². The summed E-state index contributed by atoms with van der Waals surface area (Å²) in [6.45, 7) is 1.76. The molecule has 0 amide bonds. The van der Waals surface area contributed by atoms with Crippen LogP contribution in [0.5, 0.6) is 11.5 Å². The van der Waals surface area contributed by atoms with Crippen molar-refractivity contribution in [1.82, 2.24) is 4.90 Å². The molecule has 0 saturated heterocycles. The number of carbonyl (C=O) groups excluding carboxylic acids is 1. The Morgan fingerprint density at radius 2 is 1.88 bits per heavy atom. The summed E-state index contributed by atoms with van der Waals surface area (Å²) in [5.41, 5.74) is 2.43. The van der Waals surface area contributed by atoms with Crippen LogP contribution in [0.15, 0.2) is 48.5 Å². The average Bonchev–Trinajstić information content (AvgIpc) is 2.66. The van der Waals surface area contributed by atoms with Crippen molar-refractivity contribution < 1.29 is 14.3 Å². The van der Waals surface area contributed by atoms with Gasteiger partial charge in [-0.3, -0.25) is 4.79 Å². The van der Waals surface area contributed by atoms with E-state index in [-0.39, 0.29) is 5.78 Å². The summed E-state index contributed by atoms with van der Waals surface area (Å²) in [5, 5.41) is 3.40. The molecule has 0 saturated carbocycles. The molecule has 5 nitrogen and oxygen atoms in total. The molecule has 2 aromatic rings. The number of allylic oxidation sites excluding steroid dienone is 1. The van der Waals surface area contributed by atoms with E-state index in [9.17, 15) is 4.79 Å². The van der Waals surface area contributed by atoms with Crippen molar-refractivity contribution in [3.63, 3.8) is 0 Å². The van der Waals surface area contributed by atoms with E-state index in [1.165, 1.54) is 0 Å². The molecule has 0 radical (unpaired) electrons. The smallest absolute Gasteiger partial charge is 0.189 e. The van der Waals surface area contributed by atoms with Gasteiger partial charge in [-0.05, 0) is 56.1 Å². The van der Waals surface area contributed by atoms with Gasteiger partial charge in [-0.25, -0.2) is 0 Å². The lowest BCUT2D eigenvalue weighted by atomic mass is 10.1. The van der Waals surface area contributed by atoms with Crippen LogP contribution < -0.4 is 14.8 Å². The van der Waals surface area contributed by atoms with Crippen LogP contribution in [-0.2, 0) is 0 Å². The van der Waals surface area contributed by atoms with Crippen LogP contribution in [0, 0.1) is 0 Å². The van der Waals surface area contributed by atoms with Crippen LogP contribution in [0.3, 0.4) is 0 Å². The fraction of sp³-hybridized carbons (Fsp3) is 0.286. The van der Waals surface area contributed by atoms with Crippen LogP contribution >= 0.6 is 0 Å². The maximum atomic E-state index is 12.6. The fourth-order valence-corrected chi connectivity index (χ4v) is 2.48. The number of anilines is 1. The van der Waals surface area contributed by atoms with Crippen LogP contribution in [0.4, 0.5) is 5.69 Å². The van der Waals surface area contributed by atoms with Gasteiger partial charge in [0, 0.05) is 18.8 Å². The highest BCUT2D eigenvalue weighted by Crippen LogP contribution is 2.25. The number of likely N-dealkylation sites (N-methyl/N-ethyl adjacent to an activating group) is 1. The molecule has 0 aliphatic carbocycles. The summed E-state index contributed by atoms with van der Waals surface area (Å²) in [7, 11) is 7.19. The first-order valence-electron chi connectivity index (χ1n) is 8.47. The molecule has 2 aromatic carbocycles. The van der Waals surface area contributed by atoms with Crippen LogP contribution in [-0.4, -0.2) is 52.1 Å². The van der Waals surface area contributed by atoms with Crippen LogP contribution in [0.25, 0.3) is 6.08 Å². The van der Waals surface area contributed by atoms with Gasteiger partial charge in [0.1, 0.15) is 11.5 Å². The minimum Gasteiger partial charge on any atom is -0.497 e. The number of nitrogens with zero attached hydrogens (tertiary/aromatic N) is 1. The molecule has 0 bridgehead atoms. The number of hydrogen-bond acceptors (Lipinski definition) is 5. The third kappa shape index (κ3) is 5.36. The number of ketones is 1. The van der Waals surface area contributed by atoms with E-state index in [2.05, 4.69) is 10.2 Å². The van der Waals surface area contributed by atoms with E-state index in [1.54, 1.807) is 38.5 Å². The number of nitrogens with one attached hydrogen (secondary N) is 1. The van der Waals surface area contributed by atoms with Gasteiger partial charge < -0.3 is 19.7 Å². The molecule has 0 heterocycles. The van der Waals surface area contributed by atoms with Crippen molar-refractivity contribution in [3.05, 3.63) is 59.7 Å². The Bertz CT molecular complexity index is 770. The maximum Gasteiger partial charge on any atom is 0.189 e. The lowest BCUT2D eigenvalue weighted by Gasteiger charge is -2.13. The number of benzene rings is 2. The van der Waals surface area contributed by atoms with Gasteiger partial charge >= 0.3 is 0 Å². The lowest BCUT2D eigenvalue weighted by Crippen LogP contribution is -2.21. The largest absolute Gasteiger partial charge is 0.497 e. The monoisotopic (exact) mass is 354 g/mol. The standard InChI is InChI=1S/C21H26N2O3/c1-23(2)14-13-22-19-8-6-5-7-16(19)9-11-20(24)18-15-17(25-3)10-12-21(18)26-4/h5-12,15,22H,13-14H2,1-4H3. The van der Waals surface area contributed by atoms with Crippen LogP contribution in [0.1, 0.15) is 15.9 Å². The second-order valence-electron chi connectivity index (χ2n) is 6.08. The molecule has 1 N–H and O–H groups in total.